The van der Waals surface area contributed by atoms with E-state index in [1.165, 1.54) is 37.3 Å². The lowest BCUT2D eigenvalue weighted by Crippen LogP contribution is -2.24. The molecule has 0 saturated heterocycles. The average Bonchev–Trinajstić information content (AvgIpc) is 3.44. The summed E-state index contributed by atoms with van der Waals surface area (Å²) in [5.41, 5.74) is -3.58. The molecule has 0 fully saturated rings. The van der Waals surface area contributed by atoms with E-state index in [1.807, 2.05) is 0 Å². The van der Waals surface area contributed by atoms with E-state index in [4.69, 9.17) is 0 Å². The van der Waals surface area contributed by atoms with E-state index in [1.54, 1.807) is 13.8 Å². The number of imidazole rings is 2. The van der Waals surface area contributed by atoms with Gasteiger partial charge in [0.05, 0.1) is 11.4 Å². The summed E-state index contributed by atoms with van der Waals surface area (Å²) >= 11 is 0. The number of aromatic nitrogens is 6. The largest absolute Gasteiger partial charge is 0.450 e. The van der Waals surface area contributed by atoms with Gasteiger partial charge in [0.2, 0.25) is 5.82 Å². The van der Waals surface area contributed by atoms with Gasteiger partial charge in [-0.15, -0.1) is 0 Å². The van der Waals surface area contributed by atoms with Crippen molar-refractivity contribution in [1.29, 1.82) is 0 Å². The molecule has 4 aromatic rings. The van der Waals surface area contributed by atoms with Gasteiger partial charge in [-0.1, -0.05) is 12.1 Å². The van der Waals surface area contributed by atoms with Crippen molar-refractivity contribution < 1.29 is 39.5 Å². The van der Waals surface area contributed by atoms with Gasteiger partial charge in [-0.25, -0.2) is 19.9 Å². The summed E-state index contributed by atoms with van der Waals surface area (Å²) in [6.07, 6.45) is -14.0. The van der Waals surface area contributed by atoms with Gasteiger partial charge in [-0.2, -0.15) is 39.5 Å². The van der Waals surface area contributed by atoms with Gasteiger partial charge in [0.25, 0.3) is 0 Å². The van der Waals surface area contributed by atoms with Gasteiger partial charge >= 0.3 is 18.5 Å². The number of hydrogen-bond acceptors (Lipinski definition) is 4. The molecule has 0 radical (unpaired) electrons. The smallest absolute Gasteiger partial charge is 0.287 e. The zero-order valence-corrected chi connectivity index (χ0v) is 19.7. The lowest BCUT2D eigenvalue weighted by atomic mass is 9.84. The molecule has 0 aliphatic rings. The summed E-state index contributed by atoms with van der Waals surface area (Å²) in [6.45, 7) is 4.57. The van der Waals surface area contributed by atoms with Gasteiger partial charge in [-0.05, 0) is 45.0 Å². The minimum absolute atomic E-state index is 0.0140. The highest BCUT2D eigenvalue weighted by Crippen LogP contribution is 2.36. The number of aryl methyl sites for hydroxylation is 1. The first-order valence-corrected chi connectivity index (χ1v) is 10.7. The first kappa shape index (κ1) is 27.1. The van der Waals surface area contributed by atoms with Crippen molar-refractivity contribution in [3.63, 3.8) is 0 Å². The van der Waals surface area contributed by atoms with Gasteiger partial charge in [-0.3, -0.25) is 9.13 Å². The summed E-state index contributed by atoms with van der Waals surface area (Å²) in [7, 11) is 0. The molecule has 0 saturated carbocycles. The van der Waals surface area contributed by atoms with Crippen LogP contribution in [0.4, 0.5) is 39.5 Å². The molecule has 0 aliphatic carbocycles. The maximum atomic E-state index is 13.5. The lowest BCUT2D eigenvalue weighted by Gasteiger charge is -2.25. The third-order valence-electron chi connectivity index (χ3n) is 5.67. The van der Waals surface area contributed by atoms with Crippen molar-refractivity contribution in [2.75, 3.05) is 0 Å². The SMILES string of the molecule is Cc1nc(C(F)(F)F)cn1-c1cccc(C(C)(C)c2cccc(-n3cc(C(F)(F)F)nc3C(F)(F)F)n2)n1. The second-order valence-electron chi connectivity index (χ2n) is 8.74. The zero-order chi connectivity index (χ0) is 28.3. The number of hydrogen-bond donors (Lipinski definition) is 0. The van der Waals surface area contributed by atoms with Crippen LogP contribution < -0.4 is 0 Å². The van der Waals surface area contributed by atoms with Crippen molar-refractivity contribution in [3.8, 4) is 11.6 Å². The number of rotatable bonds is 4. The normalized spacial score (nSPS) is 13.3. The average molecular weight is 548 g/mol. The van der Waals surface area contributed by atoms with Crippen LogP contribution in [0.15, 0.2) is 48.8 Å². The third-order valence-corrected chi connectivity index (χ3v) is 5.67. The number of nitrogens with zero attached hydrogens (tertiary/aromatic N) is 6. The topological polar surface area (TPSA) is 61.4 Å². The van der Waals surface area contributed by atoms with Crippen molar-refractivity contribution in [1.82, 2.24) is 29.1 Å². The molecule has 0 spiro atoms. The van der Waals surface area contributed by atoms with E-state index < -0.39 is 47.0 Å². The van der Waals surface area contributed by atoms with Crippen LogP contribution in [0, 0.1) is 6.92 Å². The van der Waals surface area contributed by atoms with Crippen molar-refractivity contribution in [3.05, 3.63) is 83.2 Å². The van der Waals surface area contributed by atoms with E-state index in [9.17, 15) is 39.5 Å². The highest BCUT2D eigenvalue weighted by atomic mass is 19.4. The number of halogens is 9. The van der Waals surface area contributed by atoms with Crippen LogP contribution in [-0.2, 0) is 23.9 Å². The molecule has 38 heavy (non-hydrogen) atoms. The van der Waals surface area contributed by atoms with Crippen LogP contribution in [-0.4, -0.2) is 29.1 Å². The monoisotopic (exact) mass is 548 g/mol. The Hall–Kier alpha value is -3.91. The maximum absolute atomic E-state index is 13.5. The molecule has 6 nitrogen and oxygen atoms in total. The summed E-state index contributed by atoms with van der Waals surface area (Å²) in [5.74, 6) is -2.16. The highest BCUT2D eigenvalue weighted by Gasteiger charge is 2.43. The van der Waals surface area contributed by atoms with E-state index >= 15 is 0 Å². The fraction of sp³-hybridized carbons (Fsp3) is 0.304. The molecule has 0 unspecified atom stereocenters. The van der Waals surface area contributed by atoms with E-state index in [0.717, 1.165) is 16.8 Å². The van der Waals surface area contributed by atoms with E-state index in [2.05, 4.69) is 19.9 Å². The summed E-state index contributed by atoms with van der Waals surface area (Å²) in [5, 5.41) is 0. The van der Waals surface area contributed by atoms with Crippen LogP contribution in [0.3, 0.4) is 0 Å². The fourth-order valence-electron chi connectivity index (χ4n) is 3.67. The van der Waals surface area contributed by atoms with Crippen molar-refractivity contribution in [2.45, 2.75) is 44.7 Å². The van der Waals surface area contributed by atoms with Gasteiger partial charge < -0.3 is 0 Å². The van der Waals surface area contributed by atoms with Crippen LogP contribution in [0.5, 0.6) is 0 Å². The van der Waals surface area contributed by atoms with Gasteiger partial charge in [0.15, 0.2) is 11.4 Å². The molecule has 4 rings (SSSR count). The highest BCUT2D eigenvalue weighted by molar-refractivity contribution is 5.38. The number of alkyl halides is 9. The standard InChI is InChI=1S/C23H17F9N6/c1-12-33-15(21(24,25)26)10-37(12)17-8-4-6-13(34-17)20(2,3)14-7-5-9-18(35-14)38-11-16(22(27,28)29)36-19(38)23(30,31)32/h4-11H,1-3H3. The molecule has 0 aliphatic heterocycles. The Morgan fingerprint density at radius 2 is 1.00 bits per heavy atom. The van der Waals surface area contributed by atoms with Gasteiger partial charge in [0, 0.05) is 17.8 Å². The second kappa shape index (κ2) is 8.84. The second-order valence-corrected chi connectivity index (χ2v) is 8.74. The Morgan fingerprint density at radius 1 is 0.553 bits per heavy atom. The van der Waals surface area contributed by atoms with E-state index in [-0.39, 0.29) is 33.8 Å². The minimum Gasteiger partial charge on any atom is -0.287 e. The summed E-state index contributed by atoms with van der Waals surface area (Å²) < 4.78 is 120. The molecule has 4 aromatic heterocycles. The van der Waals surface area contributed by atoms with Gasteiger partial charge in [0.1, 0.15) is 17.5 Å². The quantitative estimate of drug-likeness (QED) is 0.272. The first-order valence-electron chi connectivity index (χ1n) is 10.7. The molecular formula is C23H17F9N6. The Morgan fingerprint density at radius 3 is 1.45 bits per heavy atom. The number of pyridine rings is 2. The molecule has 0 N–H and O–H groups in total. The minimum atomic E-state index is -5.20. The maximum Gasteiger partial charge on any atom is 0.450 e. The molecule has 15 heteroatoms. The molecule has 0 atom stereocenters. The first-order chi connectivity index (χ1) is 17.4. The van der Waals surface area contributed by atoms with Crippen LogP contribution in [0.1, 0.15) is 48.3 Å². The molecule has 0 bridgehead atoms. The van der Waals surface area contributed by atoms with Crippen LogP contribution in [0.2, 0.25) is 0 Å². The molecule has 0 amide bonds. The predicted molar refractivity (Wildman–Crippen MR) is 115 cm³/mol. The lowest BCUT2D eigenvalue weighted by molar-refractivity contribution is -0.150. The van der Waals surface area contributed by atoms with Crippen molar-refractivity contribution >= 4 is 0 Å². The molecule has 202 valence electrons. The summed E-state index contributed by atoms with van der Waals surface area (Å²) in [6, 6.07) is 8.34. The summed E-state index contributed by atoms with van der Waals surface area (Å²) in [4.78, 5) is 14.8. The molecular weight excluding hydrogens is 531 g/mol. The third kappa shape index (κ3) is 5.09. The zero-order valence-electron chi connectivity index (χ0n) is 19.7. The van der Waals surface area contributed by atoms with E-state index in [0.29, 0.717) is 0 Å². The van der Waals surface area contributed by atoms with Crippen LogP contribution in [0.25, 0.3) is 11.6 Å². The molecule has 4 heterocycles. The molecule has 0 aromatic carbocycles. The Balaban J connectivity index is 1.78. The Kier molecular flexibility index (Phi) is 6.31. The van der Waals surface area contributed by atoms with Crippen LogP contribution >= 0.6 is 0 Å². The Bertz CT molecular complexity index is 1480. The fourth-order valence-corrected chi connectivity index (χ4v) is 3.67. The predicted octanol–water partition coefficient (Wildman–Crippen LogP) is 6.54. The van der Waals surface area contributed by atoms with Crippen molar-refractivity contribution in [2.24, 2.45) is 0 Å². The Labute approximate surface area is 208 Å².